The molecule has 2 rings (SSSR count). The first-order valence-electron chi connectivity index (χ1n) is 4.64. The minimum absolute atomic E-state index is 0.0694. The van der Waals surface area contributed by atoms with E-state index >= 15 is 0 Å². The van der Waals surface area contributed by atoms with Crippen molar-refractivity contribution in [3.05, 3.63) is 55.7 Å². The number of aryl methyl sites for hydroxylation is 1. The van der Waals surface area contributed by atoms with Crippen LogP contribution in [0.3, 0.4) is 0 Å². The Kier molecular flexibility index (Phi) is 3.33. The Morgan fingerprint density at radius 3 is 2.62 bits per heavy atom. The van der Waals surface area contributed by atoms with Crippen molar-refractivity contribution in [2.75, 3.05) is 0 Å². The van der Waals surface area contributed by atoms with Crippen molar-refractivity contribution >= 4 is 40.3 Å². The third-order valence-electron chi connectivity index (χ3n) is 2.26. The number of carbonyl (C=O) groups is 1. The van der Waals surface area contributed by atoms with E-state index < -0.39 is 0 Å². The number of rotatable bonds is 2. The highest BCUT2D eigenvalue weighted by atomic mass is 35.5. The van der Waals surface area contributed by atoms with Crippen LogP contribution in [0.25, 0.3) is 0 Å². The quantitative estimate of drug-likeness (QED) is 0.730. The fourth-order valence-corrected chi connectivity index (χ4v) is 2.67. The Labute approximate surface area is 108 Å². The summed E-state index contributed by atoms with van der Waals surface area (Å²) in [6, 6.07) is 7.00. The van der Waals surface area contributed by atoms with Gasteiger partial charge in [-0.25, -0.2) is 0 Å². The highest BCUT2D eigenvalue weighted by molar-refractivity contribution is 7.12. The Morgan fingerprint density at radius 2 is 2.00 bits per heavy atom. The summed E-state index contributed by atoms with van der Waals surface area (Å²) in [6.07, 6.45) is 0. The summed E-state index contributed by atoms with van der Waals surface area (Å²) in [5.74, 6) is -0.0694. The molecule has 0 fully saturated rings. The minimum Gasteiger partial charge on any atom is -0.288 e. The van der Waals surface area contributed by atoms with Gasteiger partial charge in [0, 0.05) is 5.56 Å². The molecule has 16 heavy (non-hydrogen) atoms. The summed E-state index contributed by atoms with van der Waals surface area (Å²) >= 11 is 13.3. The molecular weight excluding hydrogens is 263 g/mol. The fraction of sp³-hybridized carbons (Fsp3) is 0.0833. The lowest BCUT2D eigenvalue weighted by atomic mass is 10.1. The maximum Gasteiger partial charge on any atom is 0.204 e. The van der Waals surface area contributed by atoms with E-state index in [2.05, 4.69) is 0 Å². The van der Waals surface area contributed by atoms with Crippen LogP contribution in [0.15, 0.2) is 29.6 Å². The third kappa shape index (κ3) is 2.01. The normalized spacial score (nSPS) is 10.4. The van der Waals surface area contributed by atoms with Gasteiger partial charge in [-0.2, -0.15) is 0 Å². The first-order valence-corrected chi connectivity index (χ1v) is 6.27. The number of ketones is 1. The summed E-state index contributed by atoms with van der Waals surface area (Å²) in [7, 11) is 0. The average Bonchev–Trinajstić information content (AvgIpc) is 2.68. The van der Waals surface area contributed by atoms with E-state index in [1.165, 1.54) is 11.3 Å². The zero-order chi connectivity index (χ0) is 11.7. The Balaban J connectivity index is 2.50. The number of hydrogen-bond acceptors (Lipinski definition) is 2. The van der Waals surface area contributed by atoms with Gasteiger partial charge in [0.25, 0.3) is 0 Å². The zero-order valence-electron chi connectivity index (χ0n) is 8.46. The topological polar surface area (TPSA) is 17.1 Å². The third-order valence-corrected chi connectivity index (χ3v) is 4.10. The molecule has 0 N–H and O–H groups in total. The molecule has 0 unspecified atom stereocenters. The summed E-state index contributed by atoms with van der Waals surface area (Å²) in [4.78, 5) is 12.9. The van der Waals surface area contributed by atoms with Crippen LogP contribution < -0.4 is 0 Å². The van der Waals surface area contributed by atoms with Gasteiger partial charge < -0.3 is 0 Å². The molecule has 82 valence electrons. The summed E-state index contributed by atoms with van der Waals surface area (Å²) < 4.78 is 0. The highest BCUT2D eigenvalue weighted by Crippen LogP contribution is 2.29. The number of thiophene rings is 1. The van der Waals surface area contributed by atoms with Crippen LogP contribution in [0.4, 0.5) is 0 Å². The van der Waals surface area contributed by atoms with Crippen molar-refractivity contribution in [2.45, 2.75) is 6.92 Å². The van der Waals surface area contributed by atoms with Crippen LogP contribution >= 0.6 is 34.5 Å². The van der Waals surface area contributed by atoms with E-state index in [0.29, 0.717) is 20.5 Å². The predicted octanol–water partition coefficient (Wildman–Crippen LogP) is 4.59. The molecule has 0 aliphatic carbocycles. The second-order valence-electron chi connectivity index (χ2n) is 3.36. The van der Waals surface area contributed by atoms with Crippen LogP contribution in [-0.4, -0.2) is 5.78 Å². The van der Waals surface area contributed by atoms with E-state index in [1.54, 1.807) is 18.2 Å². The van der Waals surface area contributed by atoms with Gasteiger partial charge in [0.1, 0.15) is 0 Å². The molecule has 0 amide bonds. The molecule has 0 bridgehead atoms. The van der Waals surface area contributed by atoms with Crippen LogP contribution in [0, 0.1) is 6.92 Å². The molecule has 0 saturated heterocycles. The SMILES string of the molecule is Cc1ccsc1C(=O)c1cccc(Cl)c1Cl. The van der Waals surface area contributed by atoms with Gasteiger partial charge in [-0.05, 0) is 36.1 Å². The number of benzene rings is 1. The predicted molar refractivity (Wildman–Crippen MR) is 69.0 cm³/mol. The standard InChI is InChI=1S/C12H8Cl2OS/c1-7-5-6-16-12(7)11(15)8-3-2-4-9(13)10(8)14/h2-6H,1H3. The number of carbonyl (C=O) groups excluding carboxylic acids is 1. The minimum atomic E-state index is -0.0694. The molecule has 1 aromatic heterocycles. The molecule has 0 aliphatic heterocycles. The van der Waals surface area contributed by atoms with E-state index in [9.17, 15) is 4.79 Å². The zero-order valence-corrected chi connectivity index (χ0v) is 10.8. The molecule has 2 aromatic rings. The lowest BCUT2D eigenvalue weighted by molar-refractivity contribution is 0.104. The average molecular weight is 271 g/mol. The van der Waals surface area contributed by atoms with Crippen molar-refractivity contribution in [3.8, 4) is 0 Å². The van der Waals surface area contributed by atoms with Crippen LogP contribution in [0.2, 0.25) is 10.0 Å². The smallest absolute Gasteiger partial charge is 0.204 e. The van der Waals surface area contributed by atoms with Gasteiger partial charge in [-0.15, -0.1) is 11.3 Å². The van der Waals surface area contributed by atoms with Crippen molar-refractivity contribution in [1.29, 1.82) is 0 Å². The fourth-order valence-electron chi connectivity index (χ4n) is 1.41. The van der Waals surface area contributed by atoms with Crippen molar-refractivity contribution in [2.24, 2.45) is 0 Å². The van der Waals surface area contributed by atoms with E-state index in [0.717, 1.165) is 5.56 Å². The Bertz CT molecular complexity index is 546. The van der Waals surface area contributed by atoms with Crippen molar-refractivity contribution < 1.29 is 4.79 Å². The highest BCUT2D eigenvalue weighted by Gasteiger charge is 2.17. The van der Waals surface area contributed by atoms with Gasteiger partial charge in [0.2, 0.25) is 5.78 Å². The summed E-state index contributed by atoms with van der Waals surface area (Å²) in [6.45, 7) is 1.90. The molecule has 0 aliphatic rings. The van der Waals surface area contributed by atoms with E-state index in [4.69, 9.17) is 23.2 Å². The Morgan fingerprint density at radius 1 is 1.25 bits per heavy atom. The molecule has 1 aromatic carbocycles. The lowest BCUT2D eigenvalue weighted by Crippen LogP contribution is -2.01. The van der Waals surface area contributed by atoms with E-state index in [1.807, 2.05) is 18.4 Å². The molecule has 1 heterocycles. The van der Waals surface area contributed by atoms with Crippen LogP contribution in [-0.2, 0) is 0 Å². The molecule has 0 spiro atoms. The molecule has 0 radical (unpaired) electrons. The van der Waals surface area contributed by atoms with Crippen LogP contribution in [0.5, 0.6) is 0 Å². The largest absolute Gasteiger partial charge is 0.288 e. The maximum atomic E-state index is 12.2. The number of hydrogen-bond donors (Lipinski definition) is 0. The second-order valence-corrected chi connectivity index (χ2v) is 5.06. The molecule has 0 saturated carbocycles. The summed E-state index contributed by atoms with van der Waals surface area (Å²) in [5, 5.41) is 2.62. The van der Waals surface area contributed by atoms with Gasteiger partial charge in [0.05, 0.1) is 14.9 Å². The van der Waals surface area contributed by atoms with Gasteiger partial charge in [0.15, 0.2) is 0 Å². The molecule has 1 nitrogen and oxygen atoms in total. The second kappa shape index (κ2) is 4.58. The molecular formula is C12H8Cl2OS. The molecule has 0 atom stereocenters. The monoisotopic (exact) mass is 270 g/mol. The van der Waals surface area contributed by atoms with Crippen LogP contribution in [0.1, 0.15) is 20.8 Å². The summed E-state index contributed by atoms with van der Waals surface area (Å²) in [5.41, 5.74) is 1.42. The molecule has 4 heteroatoms. The van der Waals surface area contributed by atoms with Gasteiger partial charge in [-0.1, -0.05) is 29.3 Å². The van der Waals surface area contributed by atoms with Crippen molar-refractivity contribution in [3.63, 3.8) is 0 Å². The van der Waals surface area contributed by atoms with E-state index in [-0.39, 0.29) is 5.78 Å². The van der Waals surface area contributed by atoms with Gasteiger partial charge in [-0.3, -0.25) is 4.79 Å². The lowest BCUT2D eigenvalue weighted by Gasteiger charge is -2.04. The van der Waals surface area contributed by atoms with Crippen molar-refractivity contribution in [1.82, 2.24) is 0 Å². The Hall–Kier alpha value is -0.830. The first kappa shape index (κ1) is 11.6. The first-order chi connectivity index (χ1) is 7.61. The number of halogens is 2. The maximum absolute atomic E-state index is 12.2. The van der Waals surface area contributed by atoms with Gasteiger partial charge >= 0.3 is 0 Å².